The Kier molecular flexibility index (Phi) is 9.79. The standard InChI is InChI=1S/C20H39NO7/c1-13(2)10-14(18(25)28-19(3,4)5)8-6-7-9-21-12-20(26)17(24)16(23)15(22)11-27-20/h13-17,21-24,26H,6-12H2,1-5H3. The third-order valence-corrected chi connectivity index (χ3v) is 4.71. The second-order valence-electron chi connectivity index (χ2n) is 9.19. The predicted octanol–water partition coefficient (Wildman–Crippen LogP) is 0.552. The zero-order valence-electron chi connectivity index (χ0n) is 17.9. The van der Waals surface area contributed by atoms with Gasteiger partial charge in [-0.2, -0.15) is 0 Å². The molecule has 1 fully saturated rings. The van der Waals surface area contributed by atoms with E-state index in [0.29, 0.717) is 12.5 Å². The fraction of sp³-hybridized carbons (Fsp3) is 0.950. The van der Waals surface area contributed by atoms with Gasteiger partial charge in [-0.1, -0.05) is 20.3 Å². The van der Waals surface area contributed by atoms with Crippen molar-refractivity contribution < 1.29 is 34.7 Å². The summed E-state index contributed by atoms with van der Waals surface area (Å²) in [5, 5.41) is 42.3. The fourth-order valence-electron chi connectivity index (χ4n) is 3.24. The van der Waals surface area contributed by atoms with E-state index in [-0.39, 0.29) is 25.0 Å². The molecule has 0 aromatic carbocycles. The van der Waals surface area contributed by atoms with E-state index in [1.807, 2.05) is 20.8 Å². The molecule has 1 aliphatic rings. The second kappa shape index (κ2) is 10.8. The van der Waals surface area contributed by atoms with Crippen LogP contribution in [0.1, 0.15) is 60.3 Å². The molecule has 0 aromatic rings. The minimum atomic E-state index is -1.94. The number of ether oxygens (including phenoxy) is 2. The Morgan fingerprint density at radius 1 is 1.25 bits per heavy atom. The first kappa shape index (κ1) is 25.3. The zero-order chi connectivity index (χ0) is 21.5. The largest absolute Gasteiger partial charge is 0.460 e. The van der Waals surface area contributed by atoms with E-state index in [9.17, 15) is 25.2 Å². The van der Waals surface area contributed by atoms with Gasteiger partial charge < -0.3 is 35.2 Å². The Morgan fingerprint density at radius 3 is 2.46 bits per heavy atom. The summed E-state index contributed by atoms with van der Waals surface area (Å²) in [6.07, 6.45) is -1.18. The lowest BCUT2D eigenvalue weighted by molar-refractivity contribution is -0.317. The molecule has 1 rings (SSSR count). The molecule has 0 amide bonds. The molecule has 5 N–H and O–H groups in total. The fourth-order valence-corrected chi connectivity index (χ4v) is 3.24. The number of carbonyl (C=O) groups is 1. The van der Waals surface area contributed by atoms with Gasteiger partial charge in [0, 0.05) is 0 Å². The van der Waals surface area contributed by atoms with E-state index in [2.05, 4.69) is 19.2 Å². The Morgan fingerprint density at radius 2 is 1.89 bits per heavy atom. The van der Waals surface area contributed by atoms with Gasteiger partial charge in [-0.05, 0) is 52.5 Å². The predicted molar refractivity (Wildman–Crippen MR) is 104 cm³/mol. The van der Waals surface area contributed by atoms with Crippen LogP contribution >= 0.6 is 0 Å². The molecule has 1 saturated heterocycles. The summed E-state index contributed by atoms with van der Waals surface area (Å²) in [4.78, 5) is 12.4. The summed E-state index contributed by atoms with van der Waals surface area (Å²) in [6.45, 7) is 10.0. The molecule has 5 atom stereocenters. The molecule has 0 radical (unpaired) electrons. The highest BCUT2D eigenvalue weighted by Crippen LogP contribution is 2.24. The lowest BCUT2D eigenvalue weighted by Gasteiger charge is -2.41. The molecular formula is C20H39NO7. The molecule has 8 heteroatoms. The number of aliphatic hydroxyl groups is 4. The van der Waals surface area contributed by atoms with Crippen LogP contribution in [0.3, 0.4) is 0 Å². The molecule has 5 unspecified atom stereocenters. The van der Waals surface area contributed by atoms with Crippen molar-refractivity contribution in [1.29, 1.82) is 0 Å². The third-order valence-electron chi connectivity index (χ3n) is 4.71. The lowest BCUT2D eigenvalue weighted by Crippen LogP contribution is -2.64. The molecule has 0 saturated carbocycles. The van der Waals surface area contributed by atoms with Gasteiger partial charge in [0.15, 0.2) is 0 Å². The molecule has 8 nitrogen and oxygen atoms in total. The molecule has 0 aromatic heterocycles. The summed E-state index contributed by atoms with van der Waals surface area (Å²) in [5.74, 6) is -1.83. The highest BCUT2D eigenvalue weighted by molar-refractivity contribution is 5.72. The van der Waals surface area contributed by atoms with Gasteiger partial charge in [0.2, 0.25) is 5.79 Å². The number of unbranched alkanes of at least 4 members (excludes halogenated alkanes) is 1. The first-order valence-corrected chi connectivity index (χ1v) is 10.2. The SMILES string of the molecule is CC(C)CC(CCCCNCC1(O)OCC(O)C(O)C1O)C(=O)OC(C)(C)C. The topological polar surface area (TPSA) is 128 Å². The first-order chi connectivity index (χ1) is 12.9. The Hall–Kier alpha value is -0.770. The highest BCUT2D eigenvalue weighted by Gasteiger charge is 2.48. The van der Waals surface area contributed by atoms with Gasteiger partial charge in [-0.25, -0.2) is 0 Å². The number of nitrogens with one attached hydrogen (secondary N) is 1. The van der Waals surface area contributed by atoms with Crippen LogP contribution in [0.5, 0.6) is 0 Å². The molecular weight excluding hydrogens is 366 g/mol. The van der Waals surface area contributed by atoms with Crippen molar-refractivity contribution in [2.24, 2.45) is 11.8 Å². The van der Waals surface area contributed by atoms with Crippen molar-refractivity contribution in [3.05, 3.63) is 0 Å². The minimum Gasteiger partial charge on any atom is -0.460 e. The average molecular weight is 406 g/mol. The van der Waals surface area contributed by atoms with Crippen LogP contribution in [0.4, 0.5) is 0 Å². The first-order valence-electron chi connectivity index (χ1n) is 10.2. The van der Waals surface area contributed by atoms with Crippen molar-refractivity contribution in [3.63, 3.8) is 0 Å². The summed E-state index contributed by atoms with van der Waals surface area (Å²) in [5.41, 5.74) is -0.498. The van der Waals surface area contributed by atoms with Crippen molar-refractivity contribution in [3.8, 4) is 0 Å². The van der Waals surface area contributed by atoms with Gasteiger partial charge in [0.1, 0.15) is 23.9 Å². The maximum absolute atomic E-state index is 12.4. The molecule has 0 aliphatic carbocycles. The van der Waals surface area contributed by atoms with Crippen LogP contribution in [0, 0.1) is 11.8 Å². The van der Waals surface area contributed by atoms with E-state index < -0.39 is 29.7 Å². The Labute approximate surface area is 168 Å². The van der Waals surface area contributed by atoms with Crippen LogP contribution in [-0.4, -0.2) is 75.8 Å². The van der Waals surface area contributed by atoms with Crippen LogP contribution in [0.25, 0.3) is 0 Å². The van der Waals surface area contributed by atoms with E-state index in [4.69, 9.17) is 9.47 Å². The van der Waals surface area contributed by atoms with Gasteiger partial charge >= 0.3 is 5.97 Å². The molecule has 1 aliphatic heterocycles. The van der Waals surface area contributed by atoms with Gasteiger partial charge in [-0.3, -0.25) is 4.79 Å². The molecule has 0 spiro atoms. The van der Waals surface area contributed by atoms with E-state index in [0.717, 1.165) is 25.7 Å². The third kappa shape index (κ3) is 8.31. The van der Waals surface area contributed by atoms with Crippen LogP contribution in [0.2, 0.25) is 0 Å². The minimum absolute atomic E-state index is 0.0700. The maximum atomic E-state index is 12.4. The number of hydrogen-bond donors (Lipinski definition) is 5. The van der Waals surface area contributed by atoms with Gasteiger partial charge in [0.25, 0.3) is 0 Å². The van der Waals surface area contributed by atoms with Crippen molar-refractivity contribution in [2.75, 3.05) is 19.7 Å². The molecule has 0 bridgehead atoms. The van der Waals surface area contributed by atoms with Crippen molar-refractivity contribution in [2.45, 2.75) is 90.0 Å². The molecule has 1 heterocycles. The van der Waals surface area contributed by atoms with E-state index in [1.165, 1.54) is 0 Å². The number of aliphatic hydroxyl groups excluding tert-OH is 3. The van der Waals surface area contributed by atoms with Crippen molar-refractivity contribution >= 4 is 5.97 Å². The quantitative estimate of drug-likeness (QED) is 0.263. The summed E-state index contributed by atoms with van der Waals surface area (Å²) in [7, 11) is 0. The number of hydrogen-bond acceptors (Lipinski definition) is 8. The van der Waals surface area contributed by atoms with Gasteiger partial charge in [-0.15, -0.1) is 0 Å². The summed E-state index contributed by atoms with van der Waals surface area (Å²) in [6, 6.07) is 0. The molecule has 166 valence electrons. The van der Waals surface area contributed by atoms with Crippen LogP contribution in [0.15, 0.2) is 0 Å². The van der Waals surface area contributed by atoms with E-state index >= 15 is 0 Å². The average Bonchev–Trinajstić information content (AvgIpc) is 2.57. The van der Waals surface area contributed by atoms with Crippen LogP contribution < -0.4 is 5.32 Å². The lowest BCUT2D eigenvalue weighted by atomic mass is 9.92. The smallest absolute Gasteiger partial charge is 0.309 e. The van der Waals surface area contributed by atoms with Crippen molar-refractivity contribution in [1.82, 2.24) is 5.32 Å². The van der Waals surface area contributed by atoms with Crippen LogP contribution in [-0.2, 0) is 14.3 Å². The number of esters is 1. The Balaban J connectivity index is 2.36. The second-order valence-corrected chi connectivity index (χ2v) is 9.19. The van der Waals surface area contributed by atoms with E-state index in [1.54, 1.807) is 0 Å². The summed E-state index contributed by atoms with van der Waals surface area (Å²) >= 11 is 0. The Bertz CT molecular complexity index is 480. The monoisotopic (exact) mass is 405 g/mol. The maximum Gasteiger partial charge on any atom is 0.309 e. The molecule has 28 heavy (non-hydrogen) atoms. The zero-order valence-corrected chi connectivity index (χ0v) is 17.9. The summed E-state index contributed by atoms with van der Waals surface area (Å²) < 4.78 is 10.6. The normalized spacial score (nSPS) is 29.7. The number of rotatable bonds is 10. The van der Waals surface area contributed by atoms with Gasteiger partial charge in [0.05, 0.1) is 19.1 Å². The highest BCUT2D eigenvalue weighted by atomic mass is 16.6. The number of carbonyl (C=O) groups excluding carboxylic acids is 1.